The van der Waals surface area contributed by atoms with Gasteiger partial charge in [-0.1, -0.05) is 0 Å². The number of hydrogen-bond acceptors (Lipinski definition) is 3. The second-order valence-electron chi connectivity index (χ2n) is 4.48. The Morgan fingerprint density at radius 1 is 1.29 bits per heavy atom. The molecule has 1 heterocycles. The minimum atomic E-state index is -2.46. The number of piperazine rings is 1. The van der Waals surface area contributed by atoms with Gasteiger partial charge in [0.05, 0.1) is 0 Å². The minimum absolute atomic E-state index is 0.797. The van der Waals surface area contributed by atoms with Gasteiger partial charge in [0.1, 0.15) is 9.92 Å². The molecule has 1 N–H and O–H groups in total. The molecule has 0 aromatic heterocycles. The molecule has 1 aliphatic carbocycles. The van der Waals surface area contributed by atoms with Gasteiger partial charge in [-0.05, 0) is 18.8 Å². The van der Waals surface area contributed by atoms with Gasteiger partial charge in [0.15, 0.2) is 0 Å². The third-order valence-corrected chi connectivity index (χ3v) is 4.39. The molecule has 1 saturated heterocycles. The van der Waals surface area contributed by atoms with Crippen molar-refractivity contribution in [2.75, 3.05) is 39.0 Å². The molecule has 1 atom stereocenters. The van der Waals surface area contributed by atoms with Gasteiger partial charge >= 0.3 is 0 Å². The summed E-state index contributed by atoms with van der Waals surface area (Å²) in [5, 5.41) is 0. The summed E-state index contributed by atoms with van der Waals surface area (Å²) in [7, 11) is -2.46. The summed E-state index contributed by atoms with van der Waals surface area (Å²) in [4.78, 5) is 2.44. The zero-order chi connectivity index (χ0) is 10.2. The van der Waals surface area contributed by atoms with Crippen LogP contribution in [0.4, 0.5) is 0 Å². The molecule has 0 bridgehead atoms. The zero-order valence-electron chi connectivity index (χ0n) is 8.74. The maximum absolute atomic E-state index is 11.5. The SMILES string of the molecule is CS(=N)(=O)N1CCN(CC2CC2)CC1. The van der Waals surface area contributed by atoms with Crippen molar-refractivity contribution in [2.24, 2.45) is 5.92 Å². The van der Waals surface area contributed by atoms with Crippen LogP contribution in [0, 0.1) is 10.7 Å². The molecule has 1 saturated carbocycles. The van der Waals surface area contributed by atoms with E-state index in [-0.39, 0.29) is 0 Å². The number of nitrogens with one attached hydrogen (secondary N) is 1. The molecular weight excluding hydrogens is 198 g/mol. The average molecular weight is 217 g/mol. The van der Waals surface area contributed by atoms with Gasteiger partial charge < -0.3 is 4.90 Å². The van der Waals surface area contributed by atoms with Gasteiger partial charge in [0, 0.05) is 39.0 Å². The Labute approximate surface area is 86.4 Å². The van der Waals surface area contributed by atoms with Crippen molar-refractivity contribution >= 4 is 9.92 Å². The minimum Gasteiger partial charge on any atom is -0.300 e. The zero-order valence-corrected chi connectivity index (χ0v) is 9.55. The fourth-order valence-electron chi connectivity index (χ4n) is 1.93. The molecule has 0 spiro atoms. The molecule has 0 amide bonds. The van der Waals surface area contributed by atoms with Crippen molar-refractivity contribution in [3.05, 3.63) is 0 Å². The van der Waals surface area contributed by atoms with E-state index in [1.54, 1.807) is 4.31 Å². The third-order valence-electron chi connectivity index (χ3n) is 3.04. The van der Waals surface area contributed by atoms with E-state index in [2.05, 4.69) is 4.90 Å². The Morgan fingerprint density at radius 2 is 1.86 bits per heavy atom. The highest BCUT2D eigenvalue weighted by atomic mass is 32.2. The highest BCUT2D eigenvalue weighted by molar-refractivity contribution is 7.89. The van der Waals surface area contributed by atoms with E-state index < -0.39 is 9.92 Å². The van der Waals surface area contributed by atoms with Crippen LogP contribution in [-0.4, -0.2) is 52.4 Å². The van der Waals surface area contributed by atoms with Crippen LogP contribution in [-0.2, 0) is 9.92 Å². The standard InChI is InChI=1S/C9H19N3OS/c1-14(10,13)12-6-4-11(5-7-12)8-9-2-3-9/h9-10H,2-8H2,1H3. The fraction of sp³-hybridized carbons (Fsp3) is 1.00. The van der Waals surface area contributed by atoms with E-state index in [9.17, 15) is 4.21 Å². The molecular formula is C9H19N3OS. The van der Waals surface area contributed by atoms with Crippen LogP contribution in [0.3, 0.4) is 0 Å². The molecule has 4 nitrogen and oxygen atoms in total. The summed E-state index contributed by atoms with van der Waals surface area (Å²) in [6.07, 6.45) is 4.30. The number of rotatable bonds is 3. The number of nitrogens with zero attached hydrogens (tertiary/aromatic N) is 2. The quantitative estimate of drug-likeness (QED) is 0.753. The fourth-order valence-corrected chi connectivity index (χ4v) is 2.79. The highest BCUT2D eigenvalue weighted by Crippen LogP contribution is 2.29. The van der Waals surface area contributed by atoms with Crippen LogP contribution >= 0.6 is 0 Å². The monoisotopic (exact) mass is 217 g/mol. The average Bonchev–Trinajstić information content (AvgIpc) is 2.88. The van der Waals surface area contributed by atoms with E-state index >= 15 is 0 Å². The first kappa shape index (κ1) is 10.4. The Kier molecular flexibility index (Phi) is 2.81. The van der Waals surface area contributed by atoms with Gasteiger partial charge in [0.25, 0.3) is 0 Å². The topological polar surface area (TPSA) is 47.4 Å². The van der Waals surface area contributed by atoms with Crippen LogP contribution in [0.25, 0.3) is 0 Å². The van der Waals surface area contributed by atoms with Crippen LogP contribution in [0.15, 0.2) is 0 Å². The van der Waals surface area contributed by atoms with Crippen molar-refractivity contribution in [1.29, 1.82) is 4.78 Å². The number of hydrogen-bond donors (Lipinski definition) is 1. The molecule has 2 aliphatic rings. The first-order chi connectivity index (χ1) is 6.55. The van der Waals surface area contributed by atoms with E-state index in [0.29, 0.717) is 0 Å². The summed E-state index contributed by atoms with van der Waals surface area (Å²) in [5.41, 5.74) is 0. The maximum Gasteiger partial charge on any atom is 0.104 e. The highest BCUT2D eigenvalue weighted by Gasteiger charge is 2.27. The van der Waals surface area contributed by atoms with Crippen molar-refractivity contribution in [3.63, 3.8) is 0 Å². The Balaban J connectivity index is 1.79. The molecule has 0 aromatic carbocycles. The van der Waals surface area contributed by atoms with Crippen molar-refractivity contribution < 1.29 is 4.21 Å². The summed E-state index contributed by atoms with van der Waals surface area (Å²) in [5.74, 6) is 0.934. The Hall–Kier alpha value is -0.130. The molecule has 82 valence electrons. The predicted octanol–water partition coefficient (Wildman–Crippen LogP) is 0.606. The van der Waals surface area contributed by atoms with Gasteiger partial charge in [-0.2, -0.15) is 0 Å². The lowest BCUT2D eigenvalue weighted by Gasteiger charge is -2.34. The first-order valence-electron chi connectivity index (χ1n) is 5.27. The second kappa shape index (κ2) is 3.79. The van der Waals surface area contributed by atoms with Gasteiger partial charge in [-0.25, -0.2) is 13.3 Å². The van der Waals surface area contributed by atoms with E-state index in [4.69, 9.17) is 4.78 Å². The molecule has 14 heavy (non-hydrogen) atoms. The molecule has 2 rings (SSSR count). The van der Waals surface area contributed by atoms with Crippen LogP contribution in [0.5, 0.6) is 0 Å². The first-order valence-corrected chi connectivity index (χ1v) is 7.19. The predicted molar refractivity (Wildman–Crippen MR) is 57.5 cm³/mol. The summed E-state index contributed by atoms with van der Waals surface area (Å²) < 4.78 is 20.7. The second-order valence-corrected chi connectivity index (χ2v) is 6.60. The van der Waals surface area contributed by atoms with E-state index in [0.717, 1.165) is 32.1 Å². The lowest BCUT2D eigenvalue weighted by molar-refractivity contribution is 0.185. The Bertz CT molecular complexity index is 289. The Morgan fingerprint density at radius 3 is 2.29 bits per heavy atom. The summed E-state index contributed by atoms with van der Waals surface area (Å²) in [6.45, 7) is 4.79. The van der Waals surface area contributed by atoms with Crippen LogP contribution in [0.2, 0.25) is 0 Å². The van der Waals surface area contributed by atoms with Crippen LogP contribution in [0.1, 0.15) is 12.8 Å². The molecule has 1 aliphatic heterocycles. The smallest absolute Gasteiger partial charge is 0.104 e. The van der Waals surface area contributed by atoms with Crippen molar-refractivity contribution in [2.45, 2.75) is 12.8 Å². The third kappa shape index (κ3) is 2.68. The molecule has 0 radical (unpaired) electrons. The molecule has 1 unspecified atom stereocenters. The largest absolute Gasteiger partial charge is 0.300 e. The van der Waals surface area contributed by atoms with E-state index in [1.165, 1.54) is 25.6 Å². The lowest BCUT2D eigenvalue weighted by atomic mass is 10.3. The molecule has 2 fully saturated rings. The maximum atomic E-state index is 11.5. The van der Waals surface area contributed by atoms with Gasteiger partial charge in [-0.3, -0.25) is 0 Å². The van der Waals surface area contributed by atoms with Gasteiger partial charge in [0.2, 0.25) is 0 Å². The van der Waals surface area contributed by atoms with Crippen LogP contribution < -0.4 is 0 Å². The summed E-state index contributed by atoms with van der Waals surface area (Å²) >= 11 is 0. The van der Waals surface area contributed by atoms with Gasteiger partial charge in [-0.15, -0.1) is 0 Å². The lowest BCUT2D eigenvalue weighted by Crippen LogP contribution is -2.48. The van der Waals surface area contributed by atoms with Crippen molar-refractivity contribution in [3.8, 4) is 0 Å². The van der Waals surface area contributed by atoms with E-state index in [1.807, 2.05) is 0 Å². The summed E-state index contributed by atoms with van der Waals surface area (Å²) in [6, 6.07) is 0. The van der Waals surface area contributed by atoms with Crippen molar-refractivity contribution in [1.82, 2.24) is 9.21 Å². The normalized spacial score (nSPS) is 30.1. The molecule has 0 aromatic rings. The molecule has 5 heteroatoms.